The molecule has 0 saturated carbocycles. The van der Waals surface area contributed by atoms with E-state index in [1.807, 2.05) is 0 Å². The first-order valence-electron chi connectivity index (χ1n) is 5.85. The van der Waals surface area contributed by atoms with Crippen molar-refractivity contribution >= 4 is 29.0 Å². The summed E-state index contributed by atoms with van der Waals surface area (Å²) < 4.78 is 10.5. The first-order chi connectivity index (χ1) is 9.60. The molecule has 0 unspecified atom stereocenters. The Hall–Kier alpha value is -1.71. The van der Waals surface area contributed by atoms with Gasteiger partial charge in [-0.3, -0.25) is 4.79 Å². The minimum Gasteiger partial charge on any atom is -0.496 e. The molecular weight excluding hydrogens is 299 g/mol. The first-order valence-corrected chi connectivity index (χ1v) is 6.61. The SMILES string of the molecule is COc1ccccc1C(=O)COc1cc(Cl)cc(Cl)c1. The van der Waals surface area contributed by atoms with E-state index in [2.05, 4.69) is 0 Å². The van der Waals surface area contributed by atoms with Crippen LogP contribution in [0.3, 0.4) is 0 Å². The fraction of sp³-hybridized carbons (Fsp3) is 0.133. The smallest absolute Gasteiger partial charge is 0.203 e. The summed E-state index contributed by atoms with van der Waals surface area (Å²) in [5, 5.41) is 0.912. The number of ether oxygens (including phenoxy) is 2. The number of hydrogen-bond acceptors (Lipinski definition) is 3. The quantitative estimate of drug-likeness (QED) is 0.774. The minimum atomic E-state index is -0.182. The number of hydrogen-bond donors (Lipinski definition) is 0. The van der Waals surface area contributed by atoms with Gasteiger partial charge in [-0.15, -0.1) is 0 Å². The van der Waals surface area contributed by atoms with Crippen molar-refractivity contribution in [1.82, 2.24) is 0 Å². The van der Waals surface area contributed by atoms with Crippen molar-refractivity contribution in [3.05, 3.63) is 58.1 Å². The van der Waals surface area contributed by atoms with Crippen molar-refractivity contribution in [3.63, 3.8) is 0 Å². The molecule has 0 atom stereocenters. The second kappa shape index (κ2) is 6.64. The Morgan fingerprint density at radius 1 is 1.10 bits per heavy atom. The van der Waals surface area contributed by atoms with Crippen molar-refractivity contribution < 1.29 is 14.3 Å². The molecule has 2 rings (SSSR count). The van der Waals surface area contributed by atoms with E-state index in [1.54, 1.807) is 42.5 Å². The highest BCUT2D eigenvalue weighted by Crippen LogP contribution is 2.24. The maximum atomic E-state index is 12.1. The number of carbonyl (C=O) groups is 1. The molecule has 0 amide bonds. The molecular formula is C15H12Cl2O3. The number of ketones is 1. The van der Waals surface area contributed by atoms with Crippen LogP contribution >= 0.6 is 23.2 Å². The molecule has 104 valence electrons. The third-order valence-electron chi connectivity index (χ3n) is 2.61. The lowest BCUT2D eigenvalue weighted by molar-refractivity contribution is 0.0918. The molecule has 0 spiro atoms. The molecule has 20 heavy (non-hydrogen) atoms. The van der Waals surface area contributed by atoms with Gasteiger partial charge in [0.2, 0.25) is 5.78 Å². The maximum absolute atomic E-state index is 12.1. The van der Waals surface area contributed by atoms with E-state index in [4.69, 9.17) is 32.7 Å². The van der Waals surface area contributed by atoms with Crippen LogP contribution in [-0.4, -0.2) is 19.5 Å². The van der Waals surface area contributed by atoms with Crippen LogP contribution in [0, 0.1) is 0 Å². The van der Waals surface area contributed by atoms with Crippen molar-refractivity contribution in [1.29, 1.82) is 0 Å². The van der Waals surface area contributed by atoms with Crippen LogP contribution in [0.1, 0.15) is 10.4 Å². The number of rotatable bonds is 5. The number of carbonyl (C=O) groups excluding carboxylic acids is 1. The van der Waals surface area contributed by atoms with Gasteiger partial charge in [0.1, 0.15) is 11.5 Å². The van der Waals surface area contributed by atoms with Gasteiger partial charge >= 0.3 is 0 Å². The van der Waals surface area contributed by atoms with Crippen molar-refractivity contribution in [2.24, 2.45) is 0 Å². The standard InChI is InChI=1S/C15H12Cl2O3/c1-19-15-5-3-2-4-13(15)14(18)9-20-12-7-10(16)6-11(17)8-12/h2-8H,9H2,1H3. The number of benzene rings is 2. The predicted octanol–water partition coefficient (Wildman–Crippen LogP) is 4.26. The van der Waals surface area contributed by atoms with Crippen LogP contribution in [0.2, 0.25) is 10.0 Å². The number of para-hydroxylation sites is 1. The molecule has 0 aliphatic heterocycles. The number of halogens is 2. The zero-order valence-electron chi connectivity index (χ0n) is 10.7. The van der Waals surface area contributed by atoms with E-state index in [0.29, 0.717) is 27.1 Å². The Balaban J connectivity index is 2.08. The summed E-state index contributed by atoms with van der Waals surface area (Å²) >= 11 is 11.7. The zero-order valence-corrected chi connectivity index (χ0v) is 12.2. The monoisotopic (exact) mass is 310 g/mol. The van der Waals surface area contributed by atoms with Gasteiger partial charge in [0.05, 0.1) is 12.7 Å². The Kier molecular flexibility index (Phi) is 4.88. The lowest BCUT2D eigenvalue weighted by Crippen LogP contribution is -2.12. The fourth-order valence-corrected chi connectivity index (χ4v) is 2.22. The largest absolute Gasteiger partial charge is 0.496 e. The summed E-state index contributed by atoms with van der Waals surface area (Å²) in [4.78, 5) is 12.1. The molecule has 5 heteroatoms. The number of Topliss-reactive ketones (excluding diaryl/α,β-unsaturated/α-hetero) is 1. The molecule has 0 fully saturated rings. The van der Waals surface area contributed by atoms with Crippen LogP contribution in [0.4, 0.5) is 0 Å². The summed E-state index contributed by atoms with van der Waals surface area (Å²) in [6, 6.07) is 11.8. The van der Waals surface area contributed by atoms with E-state index in [-0.39, 0.29) is 12.4 Å². The third kappa shape index (κ3) is 3.65. The van der Waals surface area contributed by atoms with E-state index in [9.17, 15) is 4.79 Å². The molecule has 2 aromatic rings. The van der Waals surface area contributed by atoms with Gasteiger partial charge < -0.3 is 9.47 Å². The van der Waals surface area contributed by atoms with Crippen molar-refractivity contribution in [2.75, 3.05) is 13.7 Å². The Morgan fingerprint density at radius 2 is 1.75 bits per heavy atom. The van der Waals surface area contributed by atoms with E-state index < -0.39 is 0 Å². The topological polar surface area (TPSA) is 35.5 Å². The fourth-order valence-electron chi connectivity index (χ4n) is 1.71. The molecule has 0 saturated heterocycles. The highest BCUT2D eigenvalue weighted by Gasteiger charge is 2.12. The Bertz CT molecular complexity index is 606. The molecule has 0 aromatic heterocycles. The van der Waals surface area contributed by atoms with E-state index >= 15 is 0 Å². The second-order valence-corrected chi connectivity index (χ2v) is 4.89. The van der Waals surface area contributed by atoms with Gasteiger partial charge in [-0.05, 0) is 30.3 Å². The highest BCUT2D eigenvalue weighted by atomic mass is 35.5. The van der Waals surface area contributed by atoms with Crippen LogP contribution in [0.15, 0.2) is 42.5 Å². The van der Waals surface area contributed by atoms with Gasteiger partial charge in [0, 0.05) is 10.0 Å². The normalized spacial score (nSPS) is 10.2. The Morgan fingerprint density at radius 3 is 2.40 bits per heavy atom. The zero-order chi connectivity index (χ0) is 14.5. The average Bonchev–Trinajstić information content (AvgIpc) is 2.43. The van der Waals surface area contributed by atoms with Crippen molar-refractivity contribution in [2.45, 2.75) is 0 Å². The van der Waals surface area contributed by atoms with Crippen LogP contribution in [0.5, 0.6) is 11.5 Å². The lowest BCUT2D eigenvalue weighted by atomic mass is 10.1. The summed E-state index contributed by atoms with van der Waals surface area (Å²) in [7, 11) is 1.52. The second-order valence-electron chi connectivity index (χ2n) is 4.02. The lowest BCUT2D eigenvalue weighted by Gasteiger charge is -2.09. The average molecular weight is 311 g/mol. The van der Waals surface area contributed by atoms with Crippen LogP contribution in [-0.2, 0) is 0 Å². The van der Waals surface area contributed by atoms with Gasteiger partial charge in [-0.1, -0.05) is 35.3 Å². The first kappa shape index (κ1) is 14.7. The summed E-state index contributed by atoms with van der Waals surface area (Å²) in [6.45, 7) is -0.114. The summed E-state index contributed by atoms with van der Waals surface area (Å²) in [5.74, 6) is 0.787. The highest BCUT2D eigenvalue weighted by molar-refractivity contribution is 6.34. The molecule has 0 bridgehead atoms. The Labute approximate surface area is 127 Å². The molecule has 0 aliphatic rings. The van der Waals surface area contributed by atoms with E-state index in [0.717, 1.165) is 0 Å². The summed E-state index contributed by atoms with van der Waals surface area (Å²) in [6.07, 6.45) is 0. The van der Waals surface area contributed by atoms with Crippen molar-refractivity contribution in [3.8, 4) is 11.5 Å². The molecule has 0 radical (unpaired) electrons. The van der Waals surface area contributed by atoms with Gasteiger partial charge in [0.15, 0.2) is 6.61 Å². The van der Waals surface area contributed by atoms with Crippen LogP contribution in [0.25, 0.3) is 0 Å². The molecule has 0 aliphatic carbocycles. The molecule has 2 aromatic carbocycles. The van der Waals surface area contributed by atoms with Gasteiger partial charge in [-0.2, -0.15) is 0 Å². The van der Waals surface area contributed by atoms with Gasteiger partial charge in [-0.25, -0.2) is 0 Å². The van der Waals surface area contributed by atoms with Gasteiger partial charge in [0.25, 0.3) is 0 Å². The maximum Gasteiger partial charge on any atom is 0.203 e. The predicted molar refractivity (Wildman–Crippen MR) is 79.3 cm³/mol. The van der Waals surface area contributed by atoms with Crippen LogP contribution < -0.4 is 9.47 Å². The number of methoxy groups -OCH3 is 1. The molecule has 3 nitrogen and oxygen atoms in total. The van der Waals surface area contributed by atoms with E-state index in [1.165, 1.54) is 7.11 Å². The molecule has 0 N–H and O–H groups in total. The molecule has 0 heterocycles. The minimum absolute atomic E-state index is 0.114. The summed E-state index contributed by atoms with van der Waals surface area (Å²) in [5.41, 5.74) is 0.475. The third-order valence-corrected chi connectivity index (χ3v) is 3.05.